The SMILES string of the molecule is C=CCCCCCCO[C@@H]1OC(CO)[C@H](O)[C@H](O[C@@H]2OC(CO)[C@H](O)[C@H](O[C@@H]3OC(CO)[C@H](O)[C@H](O)C3C)C2O[C@@H]2OC(C)[C@H](O)[C@@H](O)C2O)C1O. The predicted molar refractivity (Wildman–Crippen MR) is 173 cm³/mol. The number of ether oxygens (including phenoxy) is 8. The van der Waals surface area contributed by atoms with Crippen molar-refractivity contribution in [2.24, 2.45) is 5.92 Å². The van der Waals surface area contributed by atoms with Crippen LogP contribution in [0, 0.1) is 5.92 Å². The fourth-order valence-electron chi connectivity index (χ4n) is 6.71. The summed E-state index contributed by atoms with van der Waals surface area (Å²) >= 11 is 0. The number of hydrogen-bond acceptors (Lipinski definition) is 19. The van der Waals surface area contributed by atoms with Crippen molar-refractivity contribution in [1.29, 1.82) is 0 Å². The van der Waals surface area contributed by atoms with Crippen molar-refractivity contribution < 1.29 is 94.1 Å². The van der Waals surface area contributed by atoms with Gasteiger partial charge in [-0.2, -0.15) is 0 Å². The van der Waals surface area contributed by atoms with E-state index in [0.29, 0.717) is 6.42 Å². The van der Waals surface area contributed by atoms with Gasteiger partial charge in [-0.3, -0.25) is 0 Å². The summed E-state index contributed by atoms with van der Waals surface area (Å²) in [7, 11) is 0. The van der Waals surface area contributed by atoms with Gasteiger partial charge in [-0.25, -0.2) is 0 Å². The van der Waals surface area contributed by atoms with Gasteiger partial charge in [0, 0.05) is 12.5 Å². The second-order valence-electron chi connectivity index (χ2n) is 13.8. The molecule has 0 bridgehead atoms. The third-order valence-electron chi connectivity index (χ3n) is 10.1. The van der Waals surface area contributed by atoms with E-state index in [2.05, 4.69) is 6.58 Å². The Labute approximate surface area is 301 Å². The van der Waals surface area contributed by atoms with Crippen molar-refractivity contribution in [1.82, 2.24) is 0 Å². The molecule has 11 N–H and O–H groups in total. The molecule has 4 heterocycles. The summed E-state index contributed by atoms with van der Waals surface area (Å²) in [5, 5.41) is 116. The van der Waals surface area contributed by atoms with Crippen LogP contribution in [0.1, 0.15) is 46.0 Å². The average molecular weight is 759 g/mol. The Bertz CT molecular complexity index is 1060. The van der Waals surface area contributed by atoms with E-state index in [4.69, 9.17) is 37.9 Å². The lowest BCUT2D eigenvalue weighted by Crippen LogP contribution is -2.68. The van der Waals surface area contributed by atoms with Crippen molar-refractivity contribution in [2.75, 3.05) is 26.4 Å². The minimum atomic E-state index is -1.87. The summed E-state index contributed by atoms with van der Waals surface area (Å²) < 4.78 is 46.9. The van der Waals surface area contributed by atoms with Crippen molar-refractivity contribution in [3.8, 4) is 0 Å². The summed E-state index contributed by atoms with van der Waals surface area (Å²) in [6, 6.07) is 0. The Hall–Kier alpha value is -1.02. The topological polar surface area (TPSA) is 296 Å². The van der Waals surface area contributed by atoms with Gasteiger partial charge in [0.15, 0.2) is 25.2 Å². The zero-order valence-electron chi connectivity index (χ0n) is 29.4. The smallest absolute Gasteiger partial charge is 0.187 e. The number of aliphatic hydroxyl groups is 11. The molecule has 4 rings (SSSR count). The number of unbranched alkanes of at least 4 members (excludes halogenated alkanes) is 4. The fourth-order valence-corrected chi connectivity index (χ4v) is 6.71. The largest absolute Gasteiger partial charge is 0.394 e. The molecule has 52 heavy (non-hydrogen) atoms. The molecule has 8 unspecified atom stereocenters. The molecule has 4 saturated heterocycles. The van der Waals surface area contributed by atoms with Gasteiger partial charge in [0.1, 0.15) is 79.4 Å². The molecule has 4 aliphatic rings. The minimum Gasteiger partial charge on any atom is -0.394 e. The highest BCUT2D eigenvalue weighted by Gasteiger charge is 2.56. The van der Waals surface area contributed by atoms with E-state index >= 15 is 0 Å². The highest BCUT2D eigenvalue weighted by atomic mass is 16.8. The minimum absolute atomic E-state index is 0.162. The first-order valence-corrected chi connectivity index (χ1v) is 17.9. The Morgan fingerprint density at radius 3 is 1.67 bits per heavy atom. The van der Waals surface area contributed by atoms with Gasteiger partial charge in [-0.1, -0.05) is 25.8 Å². The van der Waals surface area contributed by atoms with E-state index in [0.717, 1.165) is 25.7 Å². The first kappa shape index (κ1) is 43.7. The molecule has 4 fully saturated rings. The summed E-state index contributed by atoms with van der Waals surface area (Å²) in [5.74, 6) is -0.974. The summed E-state index contributed by atoms with van der Waals surface area (Å²) in [6.45, 7) is 4.48. The zero-order chi connectivity index (χ0) is 38.3. The Kier molecular flexibility index (Phi) is 17.0. The third-order valence-corrected chi connectivity index (χ3v) is 10.1. The first-order chi connectivity index (χ1) is 24.8. The highest BCUT2D eigenvalue weighted by Crippen LogP contribution is 2.37. The maximum Gasteiger partial charge on any atom is 0.187 e. The lowest BCUT2D eigenvalue weighted by molar-refractivity contribution is -0.403. The van der Waals surface area contributed by atoms with Gasteiger partial charge in [-0.15, -0.1) is 6.58 Å². The van der Waals surface area contributed by atoms with Crippen molar-refractivity contribution in [3.05, 3.63) is 12.7 Å². The second kappa shape index (κ2) is 20.2. The molecule has 304 valence electrons. The molecule has 19 heteroatoms. The highest BCUT2D eigenvalue weighted by molar-refractivity contribution is 4.98. The fraction of sp³-hybridized carbons (Fsp3) is 0.939. The van der Waals surface area contributed by atoms with Gasteiger partial charge in [0.05, 0.1) is 32.0 Å². The lowest BCUT2D eigenvalue weighted by atomic mass is 9.91. The molecular weight excluding hydrogens is 700 g/mol. The van der Waals surface area contributed by atoms with Crippen LogP contribution in [0.2, 0.25) is 0 Å². The van der Waals surface area contributed by atoms with Crippen molar-refractivity contribution in [3.63, 3.8) is 0 Å². The lowest BCUT2D eigenvalue weighted by Gasteiger charge is -2.50. The van der Waals surface area contributed by atoms with E-state index < -0.39 is 142 Å². The van der Waals surface area contributed by atoms with Crippen LogP contribution in [0.5, 0.6) is 0 Å². The van der Waals surface area contributed by atoms with Gasteiger partial charge in [0.25, 0.3) is 0 Å². The van der Waals surface area contributed by atoms with Crippen molar-refractivity contribution >= 4 is 0 Å². The molecule has 0 radical (unpaired) electrons. The molecule has 20 atom stereocenters. The first-order valence-electron chi connectivity index (χ1n) is 17.9. The summed E-state index contributed by atoms with van der Waals surface area (Å²) in [5.41, 5.74) is 0. The van der Waals surface area contributed by atoms with Crippen LogP contribution >= 0.6 is 0 Å². The molecule has 4 aliphatic heterocycles. The summed E-state index contributed by atoms with van der Waals surface area (Å²) in [4.78, 5) is 0. The molecule has 0 aromatic rings. The standard InChI is InChI=1S/C33H58O19/c1-4-5-6-7-8-9-10-45-31-26(44)27(22(40)17(12-35)48-31)50-33-29(52-32-25(43)24(42)20(38)15(3)46-32)28(23(41)18(13-36)49-33)51-30-14(2)19(37)21(39)16(11-34)47-30/h4,14-44H,1,5-13H2,2-3H3/t14?,15?,16?,17?,18?,19-,20+,21+,22+,23+,24-,25?,26?,27+,28+,29?,30+,31-,32+,33+/m1/s1. The molecule has 0 amide bonds. The van der Waals surface area contributed by atoms with E-state index in [-0.39, 0.29) is 6.61 Å². The van der Waals surface area contributed by atoms with E-state index in [1.54, 1.807) is 0 Å². The average Bonchev–Trinajstić information content (AvgIpc) is 3.13. The Balaban J connectivity index is 1.62. The van der Waals surface area contributed by atoms with E-state index in [1.165, 1.54) is 13.8 Å². The molecule has 0 aromatic heterocycles. The van der Waals surface area contributed by atoms with Crippen LogP contribution in [0.15, 0.2) is 12.7 Å². The van der Waals surface area contributed by atoms with Gasteiger partial charge < -0.3 is 94.1 Å². The number of aliphatic hydroxyl groups excluding tert-OH is 11. The van der Waals surface area contributed by atoms with Gasteiger partial charge in [0.2, 0.25) is 0 Å². The number of allylic oxidation sites excluding steroid dienone is 1. The van der Waals surface area contributed by atoms with Gasteiger partial charge in [-0.05, 0) is 26.2 Å². The monoisotopic (exact) mass is 758 g/mol. The van der Waals surface area contributed by atoms with Crippen molar-refractivity contribution in [2.45, 2.75) is 163 Å². The van der Waals surface area contributed by atoms with Crippen LogP contribution in [0.3, 0.4) is 0 Å². The summed E-state index contributed by atoms with van der Waals surface area (Å²) in [6.07, 6.45) is -23.7. The number of hydrogen-bond donors (Lipinski definition) is 11. The number of rotatable bonds is 17. The van der Waals surface area contributed by atoms with Crippen LogP contribution in [-0.2, 0) is 37.9 Å². The normalized spacial score (nSPS) is 47.3. The van der Waals surface area contributed by atoms with Crippen LogP contribution in [-0.4, -0.2) is 199 Å². The van der Waals surface area contributed by atoms with Gasteiger partial charge >= 0.3 is 0 Å². The maximum atomic E-state index is 11.4. The second-order valence-corrected chi connectivity index (χ2v) is 13.8. The van der Waals surface area contributed by atoms with Crippen LogP contribution < -0.4 is 0 Å². The molecule has 0 spiro atoms. The molecule has 0 aliphatic carbocycles. The van der Waals surface area contributed by atoms with E-state index in [1.807, 2.05) is 6.08 Å². The van der Waals surface area contributed by atoms with Crippen LogP contribution in [0.25, 0.3) is 0 Å². The molecule has 0 aromatic carbocycles. The third kappa shape index (κ3) is 10.0. The van der Waals surface area contributed by atoms with E-state index in [9.17, 15) is 56.2 Å². The predicted octanol–water partition coefficient (Wildman–Crippen LogP) is -4.29. The quantitative estimate of drug-likeness (QED) is 0.0494. The van der Waals surface area contributed by atoms with Crippen LogP contribution in [0.4, 0.5) is 0 Å². The maximum absolute atomic E-state index is 11.4. The molecule has 0 saturated carbocycles. The molecular formula is C33H58O19. The molecule has 19 nitrogen and oxygen atoms in total. The zero-order valence-corrected chi connectivity index (χ0v) is 29.4. The Morgan fingerprint density at radius 2 is 1.04 bits per heavy atom. The Morgan fingerprint density at radius 1 is 0.500 bits per heavy atom.